The minimum Gasteiger partial charge on any atom is -0.368 e. The van der Waals surface area contributed by atoms with Crippen molar-refractivity contribution < 1.29 is 0 Å². The lowest BCUT2D eigenvalue weighted by molar-refractivity contribution is 0.635. The van der Waals surface area contributed by atoms with Crippen molar-refractivity contribution in [2.24, 2.45) is 0 Å². The van der Waals surface area contributed by atoms with Crippen LogP contribution in [0.5, 0.6) is 0 Å². The highest BCUT2D eigenvalue weighted by atomic mass is 35.5. The molecule has 5 nitrogen and oxygen atoms in total. The van der Waals surface area contributed by atoms with E-state index in [9.17, 15) is 0 Å². The van der Waals surface area contributed by atoms with E-state index in [4.69, 9.17) is 28.2 Å². The molecule has 0 saturated carbocycles. The Hall–Kier alpha value is -3.15. The van der Waals surface area contributed by atoms with Gasteiger partial charge in [-0.3, -0.25) is 0 Å². The van der Waals surface area contributed by atoms with E-state index in [0.29, 0.717) is 16.0 Å². The summed E-state index contributed by atoms with van der Waals surface area (Å²) in [6.45, 7) is 3.26. The second kappa shape index (κ2) is 9.15. The van der Waals surface area contributed by atoms with Crippen LogP contribution in [0, 0.1) is 0 Å². The zero-order valence-corrected chi connectivity index (χ0v) is 18.8. The minimum absolute atomic E-state index is 0.570. The Labute approximate surface area is 197 Å². The summed E-state index contributed by atoms with van der Waals surface area (Å²) in [7, 11) is 0. The number of hydrogen-bond acceptors (Lipinski definition) is 5. The summed E-state index contributed by atoms with van der Waals surface area (Å²) in [6.07, 6.45) is 0. The van der Waals surface area contributed by atoms with Gasteiger partial charge in [-0.1, -0.05) is 83.9 Å². The van der Waals surface area contributed by atoms with Crippen LogP contribution in [0.15, 0.2) is 78.9 Å². The summed E-state index contributed by atoms with van der Waals surface area (Å²) >= 11 is 12.3. The third-order valence-electron chi connectivity index (χ3n) is 5.60. The first-order chi connectivity index (χ1) is 15.7. The quantitative estimate of drug-likeness (QED) is 0.381. The number of aromatic nitrogens is 3. The number of benzene rings is 3. The monoisotopic (exact) mass is 461 g/mol. The molecule has 32 heavy (non-hydrogen) atoms. The number of halogens is 2. The fourth-order valence-electron chi connectivity index (χ4n) is 3.89. The first kappa shape index (κ1) is 20.7. The van der Waals surface area contributed by atoms with E-state index in [1.54, 1.807) is 0 Å². The van der Waals surface area contributed by atoms with E-state index < -0.39 is 0 Å². The lowest BCUT2D eigenvalue weighted by atomic mass is 10.0. The van der Waals surface area contributed by atoms with Gasteiger partial charge in [0.05, 0.1) is 10.0 Å². The van der Waals surface area contributed by atoms with Gasteiger partial charge < -0.3 is 9.80 Å². The lowest BCUT2D eigenvalue weighted by Gasteiger charge is -2.36. The van der Waals surface area contributed by atoms with Crippen LogP contribution >= 0.6 is 23.2 Å². The van der Waals surface area contributed by atoms with Crippen LogP contribution in [0.2, 0.25) is 10.0 Å². The second-order valence-corrected chi connectivity index (χ2v) is 8.43. The predicted octanol–water partition coefficient (Wildman–Crippen LogP) is 5.84. The number of rotatable bonds is 4. The van der Waals surface area contributed by atoms with Crippen LogP contribution in [-0.2, 0) is 0 Å². The molecule has 160 valence electrons. The van der Waals surface area contributed by atoms with Crippen molar-refractivity contribution in [2.75, 3.05) is 36.0 Å². The number of piperazine rings is 1. The average Bonchev–Trinajstić information content (AvgIpc) is 2.86. The van der Waals surface area contributed by atoms with Gasteiger partial charge in [0.15, 0.2) is 0 Å². The summed E-state index contributed by atoms with van der Waals surface area (Å²) in [4.78, 5) is 9.44. The highest BCUT2D eigenvalue weighted by molar-refractivity contribution is 6.42. The maximum absolute atomic E-state index is 6.20. The van der Waals surface area contributed by atoms with Crippen molar-refractivity contribution in [3.63, 3.8) is 0 Å². The average molecular weight is 462 g/mol. The molecular weight excluding hydrogens is 441 g/mol. The topological polar surface area (TPSA) is 45.2 Å². The molecule has 0 aliphatic carbocycles. The smallest absolute Gasteiger partial charge is 0.246 e. The van der Waals surface area contributed by atoms with Gasteiger partial charge in [0.2, 0.25) is 5.95 Å². The molecule has 7 heteroatoms. The predicted molar refractivity (Wildman–Crippen MR) is 132 cm³/mol. The molecule has 0 N–H and O–H groups in total. The van der Waals surface area contributed by atoms with Crippen LogP contribution in [0.1, 0.15) is 0 Å². The molecule has 0 radical (unpaired) electrons. The molecule has 5 rings (SSSR count). The molecule has 2 heterocycles. The number of nitrogens with zero attached hydrogens (tertiary/aromatic N) is 5. The molecule has 3 aromatic carbocycles. The molecule has 4 aromatic rings. The third kappa shape index (κ3) is 4.27. The Bertz CT molecular complexity index is 1210. The highest BCUT2D eigenvalue weighted by Gasteiger charge is 2.22. The largest absolute Gasteiger partial charge is 0.368 e. The molecule has 0 atom stereocenters. The molecule has 0 amide bonds. The lowest BCUT2D eigenvalue weighted by Crippen LogP contribution is -2.47. The van der Waals surface area contributed by atoms with Crippen LogP contribution in [-0.4, -0.2) is 41.4 Å². The zero-order chi connectivity index (χ0) is 21.9. The molecule has 1 saturated heterocycles. The fourth-order valence-corrected chi connectivity index (χ4v) is 4.18. The standard InChI is InChI=1S/C25H21Cl2N5/c26-21-12-11-20(17-22(21)27)31-13-15-32(16-14-31)25-28-23(18-7-3-1-4-8-18)24(29-30-25)19-9-5-2-6-10-19/h1-12,17H,13-16H2. The summed E-state index contributed by atoms with van der Waals surface area (Å²) < 4.78 is 0. The Kier molecular flexibility index (Phi) is 5.93. The SMILES string of the molecule is Clc1ccc(N2CCN(c3nnc(-c4ccccc4)c(-c4ccccc4)n3)CC2)cc1Cl. The fraction of sp³-hybridized carbons (Fsp3) is 0.160. The number of hydrogen-bond donors (Lipinski definition) is 0. The Balaban J connectivity index is 1.42. The van der Waals surface area contributed by atoms with E-state index in [1.807, 2.05) is 66.7 Å². The van der Waals surface area contributed by atoms with Gasteiger partial charge >= 0.3 is 0 Å². The third-order valence-corrected chi connectivity index (χ3v) is 6.34. The Morgan fingerprint density at radius 3 is 1.81 bits per heavy atom. The Morgan fingerprint density at radius 1 is 0.594 bits per heavy atom. The van der Waals surface area contributed by atoms with Gasteiger partial charge in [-0.05, 0) is 18.2 Å². The van der Waals surface area contributed by atoms with E-state index in [2.05, 4.69) is 32.1 Å². The minimum atomic E-state index is 0.570. The van der Waals surface area contributed by atoms with Crippen molar-refractivity contribution in [2.45, 2.75) is 0 Å². The van der Waals surface area contributed by atoms with Crippen LogP contribution in [0.25, 0.3) is 22.5 Å². The van der Waals surface area contributed by atoms with Gasteiger partial charge in [-0.15, -0.1) is 10.2 Å². The molecule has 1 aliphatic rings. The highest BCUT2D eigenvalue weighted by Crippen LogP contribution is 2.31. The van der Waals surface area contributed by atoms with Crippen molar-refractivity contribution in [1.82, 2.24) is 15.2 Å². The van der Waals surface area contributed by atoms with E-state index >= 15 is 0 Å². The molecule has 0 unspecified atom stereocenters. The van der Waals surface area contributed by atoms with Gasteiger partial charge in [-0.2, -0.15) is 0 Å². The first-order valence-corrected chi connectivity index (χ1v) is 11.2. The maximum atomic E-state index is 6.20. The molecule has 1 fully saturated rings. The summed E-state index contributed by atoms with van der Waals surface area (Å²) in [6, 6.07) is 26.0. The number of anilines is 2. The van der Waals surface area contributed by atoms with Crippen LogP contribution in [0.3, 0.4) is 0 Å². The molecule has 0 spiro atoms. The second-order valence-electron chi connectivity index (χ2n) is 7.61. The normalized spacial score (nSPS) is 13.9. The molecule has 1 aromatic heterocycles. The summed E-state index contributed by atoms with van der Waals surface area (Å²) in [5, 5.41) is 10.2. The molecular formula is C25H21Cl2N5. The maximum Gasteiger partial charge on any atom is 0.246 e. The molecule has 1 aliphatic heterocycles. The van der Waals surface area contributed by atoms with E-state index in [1.165, 1.54) is 0 Å². The Morgan fingerprint density at radius 2 is 1.19 bits per heavy atom. The van der Waals surface area contributed by atoms with Crippen molar-refractivity contribution in [3.05, 3.63) is 88.9 Å². The van der Waals surface area contributed by atoms with Gasteiger partial charge in [0.25, 0.3) is 0 Å². The van der Waals surface area contributed by atoms with Crippen LogP contribution < -0.4 is 9.80 Å². The van der Waals surface area contributed by atoms with E-state index in [-0.39, 0.29) is 0 Å². The summed E-state index contributed by atoms with van der Waals surface area (Å²) in [5.74, 6) is 0.650. The van der Waals surface area contributed by atoms with Gasteiger partial charge in [-0.25, -0.2) is 4.98 Å². The first-order valence-electron chi connectivity index (χ1n) is 10.5. The van der Waals surface area contributed by atoms with Crippen LogP contribution in [0.4, 0.5) is 11.6 Å². The van der Waals surface area contributed by atoms with Gasteiger partial charge in [0, 0.05) is 43.0 Å². The van der Waals surface area contributed by atoms with Crippen molar-refractivity contribution in [3.8, 4) is 22.5 Å². The molecule has 0 bridgehead atoms. The van der Waals surface area contributed by atoms with Crippen molar-refractivity contribution >= 4 is 34.8 Å². The zero-order valence-electron chi connectivity index (χ0n) is 17.3. The van der Waals surface area contributed by atoms with Gasteiger partial charge in [0.1, 0.15) is 11.4 Å². The summed E-state index contributed by atoms with van der Waals surface area (Å²) in [5.41, 5.74) is 4.73. The van der Waals surface area contributed by atoms with E-state index in [0.717, 1.165) is 54.4 Å². The van der Waals surface area contributed by atoms with Crippen molar-refractivity contribution in [1.29, 1.82) is 0 Å².